The molecule has 162 valence electrons. The monoisotopic (exact) mass is 415 g/mol. The van der Waals surface area contributed by atoms with E-state index in [0.29, 0.717) is 0 Å². The van der Waals surface area contributed by atoms with E-state index in [1.807, 2.05) is 0 Å². The molecule has 29 heavy (non-hydrogen) atoms. The molecule has 0 unspecified atom stereocenters. The molecular formula is C18H25NO10. The van der Waals surface area contributed by atoms with Crippen molar-refractivity contribution in [2.24, 2.45) is 0 Å². The lowest BCUT2D eigenvalue weighted by molar-refractivity contribution is -0.174. The van der Waals surface area contributed by atoms with Crippen molar-refractivity contribution in [1.29, 1.82) is 0 Å². The number of nitrogens with zero attached hydrogens (tertiary/aromatic N) is 1. The second kappa shape index (κ2) is 9.21. The fraction of sp³-hybridized carbons (Fsp3) is 0.722. The van der Waals surface area contributed by atoms with Crippen LogP contribution in [0.3, 0.4) is 0 Å². The SMILES string of the molecule is CC(=O)OC[C@H]1[C@@H](OC(C)=O)[C@H](OC(C)=O)[C@@H]2[C@@H](OC(C)=O)[C@@H](OC(C)=O)CN21. The van der Waals surface area contributed by atoms with Crippen molar-refractivity contribution >= 4 is 29.8 Å². The summed E-state index contributed by atoms with van der Waals surface area (Å²) >= 11 is 0. The Hall–Kier alpha value is -2.69. The summed E-state index contributed by atoms with van der Waals surface area (Å²) in [6.07, 6.45) is -3.81. The van der Waals surface area contributed by atoms with Gasteiger partial charge in [-0.25, -0.2) is 0 Å². The Labute approximate surface area is 167 Å². The smallest absolute Gasteiger partial charge is 0.303 e. The third-order valence-electron chi connectivity index (χ3n) is 4.62. The van der Waals surface area contributed by atoms with Gasteiger partial charge in [0.1, 0.15) is 6.61 Å². The van der Waals surface area contributed by atoms with Crippen LogP contribution in [0, 0.1) is 0 Å². The van der Waals surface area contributed by atoms with Crippen LogP contribution >= 0.6 is 0 Å². The Morgan fingerprint density at radius 1 is 0.690 bits per heavy atom. The van der Waals surface area contributed by atoms with E-state index in [-0.39, 0.29) is 13.2 Å². The van der Waals surface area contributed by atoms with Gasteiger partial charge in [-0.15, -0.1) is 0 Å². The number of rotatable bonds is 6. The van der Waals surface area contributed by atoms with E-state index < -0.39 is 66.3 Å². The Morgan fingerprint density at radius 2 is 1.17 bits per heavy atom. The van der Waals surface area contributed by atoms with E-state index in [2.05, 4.69) is 0 Å². The van der Waals surface area contributed by atoms with E-state index in [1.54, 1.807) is 4.90 Å². The summed E-state index contributed by atoms with van der Waals surface area (Å²) in [5.74, 6) is -3.01. The molecule has 0 N–H and O–H groups in total. The fourth-order valence-corrected chi connectivity index (χ4v) is 3.89. The zero-order chi connectivity index (χ0) is 21.9. The van der Waals surface area contributed by atoms with Gasteiger partial charge in [0.25, 0.3) is 0 Å². The molecule has 2 aliphatic heterocycles. The second-order valence-corrected chi connectivity index (χ2v) is 6.93. The first-order valence-corrected chi connectivity index (χ1v) is 9.09. The van der Waals surface area contributed by atoms with Crippen molar-refractivity contribution in [2.75, 3.05) is 13.2 Å². The molecule has 0 amide bonds. The standard InChI is InChI=1S/C18H25NO10/c1-8(20)25-7-13-16(27-10(3)22)18(29-12(5)24)15-17(28-11(4)23)14(6-19(13)15)26-9(2)21/h13-18H,6-7H2,1-5H3/t13-,14-,15-,16+,17-,18+/m0/s1. The predicted octanol–water partition coefficient (Wildman–Crippen LogP) is -0.657. The van der Waals surface area contributed by atoms with Crippen LogP contribution in [0.4, 0.5) is 0 Å². The van der Waals surface area contributed by atoms with Gasteiger partial charge in [0, 0.05) is 41.2 Å². The van der Waals surface area contributed by atoms with Crippen molar-refractivity contribution in [1.82, 2.24) is 4.90 Å². The highest BCUT2D eigenvalue weighted by molar-refractivity contribution is 5.69. The van der Waals surface area contributed by atoms with E-state index in [0.717, 1.165) is 0 Å². The van der Waals surface area contributed by atoms with E-state index in [1.165, 1.54) is 34.6 Å². The summed E-state index contributed by atoms with van der Waals surface area (Å²) < 4.78 is 26.6. The van der Waals surface area contributed by atoms with Crippen LogP contribution in [-0.4, -0.2) is 84.4 Å². The van der Waals surface area contributed by atoms with Crippen LogP contribution in [0.25, 0.3) is 0 Å². The third-order valence-corrected chi connectivity index (χ3v) is 4.62. The van der Waals surface area contributed by atoms with Crippen LogP contribution < -0.4 is 0 Å². The van der Waals surface area contributed by atoms with Gasteiger partial charge < -0.3 is 23.7 Å². The molecular weight excluding hydrogens is 390 g/mol. The number of fused-ring (bicyclic) bond motifs is 1. The van der Waals surface area contributed by atoms with Gasteiger partial charge in [0.15, 0.2) is 24.4 Å². The fourth-order valence-electron chi connectivity index (χ4n) is 3.89. The number of esters is 5. The van der Waals surface area contributed by atoms with Gasteiger partial charge in [-0.1, -0.05) is 0 Å². The highest BCUT2D eigenvalue weighted by Crippen LogP contribution is 2.39. The quantitative estimate of drug-likeness (QED) is 0.404. The molecule has 0 radical (unpaired) electrons. The minimum atomic E-state index is -1.03. The Kier molecular flexibility index (Phi) is 7.17. The van der Waals surface area contributed by atoms with Crippen LogP contribution in [0.1, 0.15) is 34.6 Å². The largest absolute Gasteiger partial charge is 0.464 e. The van der Waals surface area contributed by atoms with Gasteiger partial charge in [-0.05, 0) is 0 Å². The third kappa shape index (κ3) is 5.43. The molecule has 2 saturated heterocycles. The molecule has 0 aliphatic carbocycles. The highest BCUT2D eigenvalue weighted by Gasteiger charge is 2.63. The van der Waals surface area contributed by atoms with E-state index in [4.69, 9.17) is 23.7 Å². The molecule has 0 bridgehead atoms. The average Bonchev–Trinajstić information content (AvgIpc) is 3.00. The topological polar surface area (TPSA) is 135 Å². The van der Waals surface area contributed by atoms with Crippen LogP contribution in [0.2, 0.25) is 0 Å². The molecule has 6 atom stereocenters. The van der Waals surface area contributed by atoms with Gasteiger partial charge in [0.05, 0.1) is 12.1 Å². The van der Waals surface area contributed by atoms with Crippen molar-refractivity contribution in [3.8, 4) is 0 Å². The van der Waals surface area contributed by atoms with E-state index >= 15 is 0 Å². The number of hydrogen-bond donors (Lipinski definition) is 0. The van der Waals surface area contributed by atoms with Crippen LogP contribution in [0.5, 0.6) is 0 Å². The highest BCUT2D eigenvalue weighted by atomic mass is 16.6. The molecule has 0 aromatic heterocycles. The average molecular weight is 415 g/mol. The molecule has 2 aliphatic rings. The molecule has 2 heterocycles. The number of ether oxygens (including phenoxy) is 5. The Morgan fingerprint density at radius 3 is 1.66 bits per heavy atom. The maximum absolute atomic E-state index is 11.7. The summed E-state index contributed by atoms with van der Waals surface area (Å²) in [7, 11) is 0. The lowest BCUT2D eigenvalue weighted by atomic mass is 10.0. The van der Waals surface area contributed by atoms with Crippen LogP contribution in [0.15, 0.2) is 0 Å². The number of carbonyl (C=O) groups is 5. The number of carbonyl (C=O) groups excluding carboxylic acids is 5. The summed E-state index contributed by atoms with van der Waals surface area (Å²) in [5, 5.41) is 0. The van der Waals surface area contributed by atoms with E-state index in [9.17, 15) is 24.0 Å². The van der Waals surface area contributed by atoms with Crippen molar-refractivity contribution < 1.29 is 47.7 Å². The summed E-state index contributed by atoms with van der Waals surface area (Å²) in [6.45, 7) is 5.96. The summed E-state index contributed by atoms with van der Waals surface area (Å²) in [4.78, 5) is 59.6. The molecule has 11 nitrogen and oxygen atoms in total. The minimum absolute atomic E-state index is 0.101. The Bertz CT molecular complexity index is 678. The van der Waals surface area contributed by atoms with Gasteiger partial charge in [0.2, 0.25) is 0 Å². The van der Waals surface area contributed by atoms with Crippen molar-refractivity contribution in [3.63, 3.8) is 0 Å². The lowest BCUT2D eigenvalue weighted by Crippen LogP contribution is -2.48. The maximum atomic E-state index is 11.7. The maximum Gasteiger partial charge on any atom is 0.303 e. The summed E-state index contributed by atoms with van der Waals surface area (Å²) in [6, 6.07) is -1.46. The predicted molar refractivity (Wildman–Crippen MR) is 93.1 cm³/mol. The Balaban J connectivity index is 2.44. The molecule has 11 heteroatoms. The minimum Gasteiger partial charge on any atom is -0.464 e. The molecule has 0 aromatic rings. The molecule has 2 fully saturated rings. The first-order valence-electron chi connectivity index (χ1n) is 9.09. The van der Waals surface area contributed by atoms with Crippen LogP contribution in [-0.2, 0) is 47.7 Å². The zero-order valence-corrected chi connectivity index (χ0v) is 16.9. The first-order chi connectivity index (χ1) is 13.5. The zero-order valence-electron chi connectivity index (χ0n) is 16.9. The molecule has 0 spiro atoms. The van der Waals surface area contributed by atoms with Gasteiger partial charge in [-0.2, -0.15) is 0 Å². The second-order valence-electron chi connectivity index (χ2n) is 6.93. The first kappa shape index (κ1) is 22.6. The van der Waals surface area contributed by atoms with Gasteiger partial charge in [-0.3, -0.25) is 28.9 Å². The summed E-state index contributed by atoms with van der Waals surface area (Å²) in [5.41, 5.74) is 0. The molecule has 2 rings (SSSR count). The molecule has 0 aromatic carbocycles. The molecule has 0 saturated carbocycles. The number of hydrogen-bond acceptors (Lipinski definition) is 11. The van der Waals surface area contributed by atoms with Crippen molar-refractivity contribution in [3.05, 3.63) is 0 Å². The lowest BCUT2D eigenvalue weighted by Gasteiger charge is -2.29. The van der Waals surface area contributed by atoms with Gasteiger partial charge >= 0.3 is 29.8 Å². The van der Waals surface area contributed by atoms with Crippen molar-refractivity contribution in [2.45, 2.75) is 71.1 Å². The normalized spacial score (nSPS) is 30.8.